The van der Waals surface area contributed by atoms with E-state index in [-0.39, 0.29) is 17.2 Å². The lowest BCUT2D eigenvalue weighted by molar-refractivity contribution is -0.113. The van der Waals surface area contributed by atoms with Gasteiger partial charge in [-0.3, -0.25) is 9.59 Å². The first-order valence-electron chi connectivity index (χ1n) is 9.92. The van der Waals surface area contributed by atoms with Crippen molar-refractivity contribution in [2.75, 3.05) is 17.7 Å². The summed E-state index contributed by atoms with van der Waals surface area (Å²) in [4.78, 5) is 43.8. The molecule has 1 aromatic heterocycles. The van der Waals surface area contributed by atoms with Gasteiger partial charge >= 0.3 is 5.97 Å². The molecule has 0 unspecified atom stereocenters. The number of hydrogen-bond acceptors (Lipinski definition) is 6. The SMILES string of the molecule is CCCCOC(=O)c1ccccc1NC(=O)CSc1nc(-c2ccccc2)cc(=O)[nH]1. The van der Waals surface area contributed by atoms with Gasteiger partial charge in [-0.1, -0.05) is 67.6 Å². The highest BCUT2D eigenvalue weighted by atomic mass is 32.2. The molecule has 0 saturated carbocycles. The third kappa shape index (κ3) is 6.55. The monoisotopic (exact) mass is 437 g/mol. The number of anilines is 1. The Bertz CT molecular complexity index is 1100. The Morgan fingerprint density at radius 3 is 2.61 bits per heavy atom. The zero-order chi connectivity index (χ0) is 22.1. The van der Waals surface area contributed by atoms with E-state index in [4.69, 9.17) is 4.74 Å². The number of rotatable bonds is 9. The summed E-state index contributed by atoms with van der Waals surface area (Å²) >= 11 is 1.11. The number of nitrogens with zero attached hydrogens (tertiary/aromatic N) is 1. The molecule has 0 atom stereocenters. The van der Waals surface area contributed by atoms with Crippen molar-refractivity contribution in [3.8, 4) is 11.3 Å². The molecule has 1 amide bonds. The molecule has 31 heavy (non-hydrogen) atoms. The molecule has 7 nitrogen and oxygen atoms in total. The third-order valence-electron chi connectivity index (χ3n) is 4.28. The maximum absolute atomic E-state index is 12.5. The first-order chi connectivity index (χ1) is 15.1. The highest BCUT2D eigenvalue weighted by Gasteiger charge is 2.15. The number of para-hydroxylation sites is 1. The van der Waals surface area contributed by atoms with Crippen LogP contribution in [0, 0.1) is 0 Å². The number of benzene rings is 2. The quantitative estimate of drug-likeness (QED) is 0.226. The van der Waals surface area contributed by atoms with E-state index in [0.29, 0.717) is 28.7 Å². The summed E-state index contributed by atoms with van der Waals surface area (Å²) in [7, 11) is 0. The predicted octanol–water partition coefficient (Wildman–Crippen LogP) is 4.12. The van der Waals surface area contributed by atoms with Crippen molar-refractivity contribution in [2.45, 2.75) is 24.9 Å². The van der Waals surface area contributed by atoms with Crippen LogP contribution in [0.3, 0.4) is 0 Å². The Kier molecular flexibility index (Phi) is 8.00. The number of H-pyrrole nitrogens is 1. The lowest BCUT2D eigenvalue weighted by Gasteiger charge is -2.11. The first kappa shape index (κ1) is 22.3. The number of esters is 1. The fraction of sp³-hybridized carbons (Fsp3) is 0.217. The van der Waals surface area contributed by atoms with Crippen LogP contribution in [0.4, 0.5) is 5.69 Å². The van der Waals surface area contributed by atoms with Gasteiger partial charge in [0.25, 0.3) is 5.56 Å². The van der Waals surface area contributed by atoms with Crippen LogP contribution in [0.5, 0.6) is 0 Å². The number of hydrogen-bond donors (Lipinski definition) is 2. The Labute approximate surface area is 184 Å². The molecule has 3 rings (SSSR count). The number of aromatic nitrogens is 2. The van der Waals surface area contributed by atoms with E-state index in [2.05, 4.69) is 15.3 Å². The molecule has 3 aromatic rings. The smallest absolute Gasteiger partial charge is 0.340 e. The van der Waals surface area contributed by atoms with Gasteiger partial charge in [0.05, 0.1) is 29.3 Å². The second-order valence-electron chi connectivity index (χ2n) is 6.67. The molecule has 0 aliphatic rings. The minimum absolute atomic E-state index is 0.0143. The number of unbranched alkanes of at least 4 members (excludes halogenated alkanes) is 1. The molecule has 0 spiro atoms. The molecule has 160 valence electrons. The van der Waals surface area contributed by atoms with Crippen molar-refractivity contribution in [2.24, 2.45) is 0 Å². The highest BCUT2D eigenvalue weighted by molar-refractivity contribution is 7.99. The molecule has 0 aliphatic heterocycles. The highest BCUT2D eigenvalue weighted by Crippen LogP contribution is 2.20. The minimum atomic E-state index is -0.474. The van der Waals surface area contributed by atoms with Crippen molar-refractivity contribution < 1.29 is 14.3 Å². The zero-order valence-electron chi connectivity index (χ0n) is 17.1. The molecule has 0 bridgehead atoms. The number of aromatic amines is 1. The average Bonchev–Trinajstić information content (AvgIpc) is 2.78. The number of thioether (sulfide) groups is 1. The molecule has 2 aromatic carbocycles. The Morgan fingerprint density at radius 1 is 1.10 bits per heavy atom. The normalized spacial score (nSPS) is 10.5. The van der Waals surface area contributed by atoms with Gasteiger partial charge in [0.1, 0.15) is 0 Å². The number of carbonyl (C=O) groups excluding carboxylic acids is 2. The number of nitrogens with one attached hydrogen (secondary N) is 2. The van der Waals surface area contributed by atoms with E-state index >= 15 is 0 Å². The lowest BCUT2D eigenvalue weighted by atomic mass is 10.1. The van der Waals surface area contributed by atoms with E-state index in [9.17, 15) is 14.4 Å². The average molecular weight is 438 g/mol. The van der Waals surface area contributed by atoms with Crippen LogP contribution in [-0.4, -0.2) is 34.2 Å². The summed E-state index contributed by atoms with van der Waals surface area (Å²) in [5.74, 6) is -0.787. The summed E-state index contributed by atoms with van der Waals surface area (Å²) in [5.41, 5.74) is 1.74. The Morgan fingerprint density at radius 2 is 1.84 bits per heavy atom. The van der Waals surface area contributed by atoms with Crippen LogP contribution in [0.15, 0.2) is 70.6 Å². The molecule has 8 heteroatoms. The predicted molar refractivity (Wildman–Crippen MR) is 121 cm³/mol. The summed E-state index contributed by atoms with van der Waals surface area (Å²) in [6.45, 7) is 2.35. The second kappa shape index (κ2) is 11.1. The molecule has 0 radical (unpaired) electrons. The van der Waals surface area contributed by atoms with E-state index in [1.165, 1.54) is 6.07 Å². The van der Waals surface area contributed by atoms with Crippen molar-refractivity contribution in [1.29, 1.82) is 0 Å². The zero-order valence-corrected chi connectivity index (χ0v) is 17.9. The summed E-state index contributed by atoms with van der Waals surface area (Å²) in [5, 5.41) is 3.07. The fourth-order valence-electron chi connectivity index (χ4n) is 2.74. The third-order valence-corrected chi connectivity index (χ3v) is 5.15. The van der Waals surface area contributed by atoms with Gasteiger partial charge in [0, 0.05) is 11.6 Å². The van der Waals surface area contributed by atoms with Crippen LogP contribution in [0.2, 0.25) is 0 Å². The summed E-state index contributed by atoms with van der Waals surface area (Å²) < 4.78 is 5.24. The molecule has 2 N–H and O–H groups in total. The maximum Gasteiger partial charge on any atom is 0.340 e. The molecule has 0 fully saturated rings. The van der Waals surface area contributed by atoms with Crippen molar-refractivity contribution in [1.82, 2.24) is 9.97 Å². The number of carbonyl (C=O) groups is 2. The fourth-order valence-corrected chi connectivity index (χ4v) is 3.41. The van der Waals surface area contributed by atoms with Gasteiger partial charge < -0.3 is 15.0 Å². The summed E-state index contributed by atoms with van der Waals surface area (Å²) in [6, 6.07) is 17.5. The second-order valence-corrected chi connectivity index (χ2v) is 7.64. The van der Waals surface area contributed by atoms with Crippen LogP contribution in [0.1, 0.15) is 30.1 Å². The molecular formula is C23H23N3O4S. The van der Waals surface area contributed by atoms with Gasteiger partial charge in [-0.05, 0) is 18.6 Å². The van der Waals surface area contributed by atoms with E-state index in [1.54, 1.807) is 24.3 Å². The number of ether oxygens (including phenoxy) is 1. The minimum Gasteiger partial charge on any atom is -0.462 e. The molecular weight excluding hydrogens is 414 g/mol. The van der Waals surface area contributed by atoms with Crippen LogP contribution in [-0.2, 0) is 9.53 Å². The van der Waals surface area contributed by atoms with Gasteiger partial charge in [0.15, 0.2) is 5.16 Å². The molecule has 0 aliphatic carbocycles. The molecule has 1 heterocycles. The van der Waals surface area contributed by atoms with E-state index in [0.717, 1.165) is 30.2 Å². The van der Waals surface area contributed by atoms with E-state index in [1.807, 2.05) is 37.3 Å². The van der Waals surface area contributed by atoms with Gasteiger partial charge in [0.2, 0.25) is 5.91 Å². The number of amides is 1. The van der Waals surface area contributed by atoms with E-state index < -0.39 is 5.97 Å². The van der Waals surface area contributed by atoms with Gasteiger partial charge in [-0.15, -0.1) is 0 Å². The Balaban J connectivity index is 1.64. The first-order valence-corrected chi connectivity index (χ1v) is 10.9. The van der Waals surface area contributed by atoms with Crippen molar-refractivity contribution >= 4 is 29.3 Å². The van der Waals surface area contributed by atoms with Gasteiger partial charge in [-0.2, -0.15) is 0 Å². The van der Waals surface area contributed by atoms with Crippen LogP contribution >= 0.6 is 11.8 Å². The van der Waals surface area contributed by atoms with Crippen LogP contribution in [0.25, 0.3) is 11.3 Å². The summed E-state index contributed by atoms with van der Waals surface area (Å²) in [6.07, 6.45) is 1.70. The maximum atomic E-state index is 12.5. The Hall–Kier alpha value is -3.39. The van der Waals surface area contributed by atoms with Crippen molar-refractivity contribution in [3.63, 3.8) is 0 Å². The van der Waals surface area contributed by atoms with Gasteiger partial charge in [-0.25, -0.2) is 9.78 Å². The van der Waals surface area contributed by atoms with Crippen LogP contribution < -0.4 is 10.9 Å². The topological polar surface area (TPSA) is 101 Å². The lowest BCUT2D eigenvalue weighted by Crippen LogP contribution is -2.18. The van der Waals surface area contributed by atoms with Crippen molar-refractivity contribution in [3.05, 3.63) is 76.6 Å². The molecule has 0 saturated heterocycles. The largest absolute Gasteiger partial charge is 0.462 e. The standard InChI is InChI=1S/C23H23N3O4S/c1-2-3-13-30-22(29)17-11-7-8-12-18(17)24-21(28)15-31-23-25-19(14-20(27)26-23)16-9-5-4-6-10-16/h4-12,14H,2-3,13,15H2,1H3,(H,24,28)(H,25,26,27).